The predicted molar refractivity (Wildman–Crippen MR) is 129 cm³/mol. The van der Waals surface area contributed by atoms with Crippen LogP contribution in [0.5, 0.6) is 5.75 Å². The van der Waals surface area contributed by atoms with Gasteiger partial charge in [-0.25, -0.2) is 4.79 Å². The Hall–Kier alpha value is -3.53. The summed E-state index contributed by atoms with van der Waals surface area (Å²) in [5.41, 5.74) is 1.81. The second kappa shape index (κ2) is 11.1. The minimum absolute atomic E-state index is 0.00196. The summed E-state index contributed by atoms with van der Waals surface area (Å²) in [7, 11) is 1.63. The van der Waals surface area contributed by atoms with Crippen LogP contribution in [0.15, 0.2) is 59.8 Å². The Labute approximate surface area is 202 Å². The lowest BCUT2D eigenvalue weighted by molar-refractivity contribution is -0.129. The van der Waals surface area contributed by atoms with E-state index in [0.29, 0.717) is 43.8 Å². The molecule has 0 saturated carbocycles. The summed E-state index contributed by atoms with van der Waals surface area (Å²) in [5.74, 6) is 1.68. The third-order valence-electron chi connectivity index (χ3n) is 5.48. The van der Waals surface area contributed by atoms with Crippen LogP contribution in [0.25, 0.3) is 17.1 Å². The molecule has 34 heavy (non-hydrogen) atoms. The Morgan fingerprint density at radius 3 is 2.26 bits per heavy atom. The predicted octanol–water partition coefficient (Wildman–Crippen LogP) is 3.34. The second-order valence-corrected chi connectivity index (χ2v) is 8.50. The number of carbonyl (C=O) groups excluding carboxylic acids is 2. The topological polar surface area (TPSA) is 89.8 Å². The van der Waals surface area contributed by atoms with Gasteiger partial charge in [-0.15, -0.1) is 10.2 Å². The van der Waals surface area contributed by atoms with Gasteiger partial charge in [0.2, 0.25) is 5.91 Å². The fourth-order valence-corrected chi connectivity index (χ4v) is 4.53. The molecule has 0 spiro atoms. The molecule has 0 aliphatic carbocycles. The first-order chi connectivity index (χ1) is 16.6. The maximum Gasteiger partial charge on any atom is 0.409 e. The number of ether oxygens (including phenoxy) is 2. The number of hydrogen-bond donors (Lipinski definition) is 0. The molecule has 1 aromatic heterocycles. The van der Waals surface area contributed by atoms with E-state index in [-0.39, 0.29) is 17.8 Å². The average molecular weight is 482 g/mol. The molecule has 9 nitrogen and oxygen atoms in total. The van der Waals surface area contributed by atoms with Gasteiger partial charge in [0.05, 0.1) is 19.5 Å². The quantitative estimate of drug-likeness (QED) is 0.478. The summed E-state index contributed by atoms with van der Waals surface area (Å²) < 4.78 is 12.3. The Morgan fingerprint density at radius 2 is 1.62 bits per heavy atom. The first-order valence-electron chi connectivity index (χ1n) is 11.1. The lowest BCUT2D eigenvalue weighted by Crippen LogP contribution is -2.51. The number of hydrogen-bond acceptors (Lipinski definition) is 7. The van der Waals surface area contributed by atoms with Crippen molar-refractivity contribution < 1.29 is 19.1 Å². The maximum absolute atomic E-state index is 12.9. The highest BCUT2D eigenvalue weighted by atomic mass is 32.2. The van der Waals surface area contributed by atoms with E-state index in [4.69, 9.17) is 9.47 Å². The Kier molecular flexibility index (Phi) is 7.69. The molecule has 178 valence electrons. The molecule has 4 rings (SSSR count). The summed E-state index contributed by atoms with van der Waals surface area (Å²) >= 11 is 1.35. The van der Waals surface area contributed by atoms with Crippen LogP contribution in [0.1, 0.15) is 6.92 Å². The van der Waals surface area contributed by atoms with Crippen molar-refractivity contribution in [2.24, 2.45) is 0 Å². The van der Waals surface area contributed by atoms with Crippen molar-refractivity contribution in [1.82, 2.24) is 24.6 Å². The average Bonchev–Trinajstić information content (AvgIpc) is 3.32. The number of carbonyl (C=O) groups is 2. The number of methoxy groups -OCH3 is 1. The SMILES string of the molecule is CCOC(=O)N1CCN(C(=O)CSc2nnc(-c3ccc(OC)cc3)n2-c2ccccc2)CC1. The minimum Gasteiger partial charge on any atom is -0.497 e. The van der Waals surface area contributed by atoms with Crippen LogP contribution in [0.2, 0.25) is 0 Å². The van der Waals surface area contributed by atoms with Gasteiger partial charge in [0.25, 0.3) is 0 Å². The Bertz CT molecular complexity index is 1110. The molecule has 1 fully saturated rings. The number of aromatic nitrogens is 3. The van der Waals surface area contributed by atoms with Gasteiger partial charge >= 0.3 is 6.09 Å². The minimum atomic E-state index is -0.328. The van der Waals surface area contributed by atoms with Crippen LogP contribution >= 0.6 is 11.8 Å². The summed E-state index contributed by atoms with van der Waals surface area (Å²) in [6, 6.07) is 17.5. The molecule has 1 aliphatic heterocycles. The number of amides is 2. The molecule has 2 heterocycles. The van der Waals surface area contributed by atoms with Gasteiger partial charge in [0.15, 0.2) is 11.0 Å². The van der Waals surface area contributed by atoms with E-state index in [2.05, 4.69) is 10.2 Å². The smallest absolute Gasteiger partial charge is 0.409 e. The highest BCUT2D eigenvalue weighted by molar-refractivity contribution is 7.99. The highest BCUT2D eigenvalue weighted by Gasteiger charge is 2.25. The van der Waals surface area contributed by atoms with Gasteiger partial charge in [-0.2, -0.15) is 0 Å². The molecular formula is C24H27N5O4S. The molecule has 2 amide bonds. The first-order valence-corrected chi connectivity index (χ1v) is 12.1. The molecule has 2 aromatic carbocycles. The summed E-state index contributed by atoms with van der Waals surface area (Å²) in [6.45, 7) is 4.04. The lowest BCUT2D eigenvalue weighted by Gasteiger charge is -2.34. The Morgan fingerprint density at radius 1 is 0.941 bits per heavy atom. The van der Waals surface area contributed by atoms with E-state index in [1.54, 1.807) is 23.8 Å². The van der Waals surface area contributed by atoms with Crippen molar-refractivity contribution in [2.75, 3.05) is 45.6 Å². The van der Waals surface area contributed by atoms with E-state index in [9.17, 15) is 9.59 Å². The van der Waals surface area contributed by atoms with Crippen LogP contribution in [0, 0.1) is 0 Å². The van der Waals surface area contributed by atoms with Crippen molar-refractivity contribution in [1.29, 1.82) is 0 Å². The fourth-order valence-electron chi connectivity index (χ4n) is 3.67. The molecule has 0 bridgehead atoms. The van der Waals surface area contributed by atoms with Gasteiger partial charge in [0.1, 0.15) is 5.75 Å². The molecule has 0 radical (unpaired) electrons. The molecule has 0 unspecified atom stereocenters. The summed E-state index contributed by atoms with van der Waals surface area (Å²) in [6.07, 6.45) is -0.328. The lowest BCUT2D eigenvalue weighted by atomic mass is 10.2. The molecular weight excluding hydrogens is 454 g/mol. The van der Waals surface area contributed by atoms with Gasteiger partial charge in [0, 0.05) is 37.4 Å². The third-order valence-corrected chi connectivity index (χ3v) is 6.39. The van der Waals surface area contributed by atoms with Crippen LogP contribution in [-0.2, 0) is 9.53 Å². The maximum atomic E-state index is 12.9. The zero-order valence-electron chi connectivity index (χ0n) is 19.2. The van der Waals surface area contributed by atoms with Crippen LogP contribution in [0.3, 0.4) is 0 Å². The third kappa shape index (κ3) is 5.33. The van der Waals surface area contributed by atoms with Crippen molar-refractivity contribution in [3.05, 3.63) is 54.6 Å². The van der Waals surface area contributed by atoms with E-state index < -0.39 is 0 Å². The number of para-hydroxylation sites is 1. The van der Waals surface area contributed by atoms with Gasteiger partial charge in [-0.3, -0.25) is 9.36 Å². The van der Waals surface area contributed by atoms with Gasteiger partial charge < -0.3 is 19.3 Å². The molecule has 3 aromatic rings. The largest absolute Gasteiger partial charge is 0.497 e. The van der Waals surface area contributed by atoms with E-state index in [1.807, 2.05) is 59.2 Å². The van der Waals surface area contributed by atoms with Crippen molar-refractivity contribution in [3.63, 3.8) is 0 Å². The number of benzene rings is 2. The summed E-state index contributed by atoms with van der Waals surface area (Å²) in [4.78, 5) is 28.2. The summed E-state index contributed by atoms with van der Waals surface area (Å²) in [5, 5.41) is 9.45. The molecule has 10 heteroatoms. The fraction of sp³-hybridized carbons (Fsp3) is 0.333. The van der Waals surface area contributed by atoms with Crippen LogP contribution < -0.4 is 4.74 Å². The van der Waals surface area contributed by atoms with Crippen molar-refractivity contribution in [3.8, 4) is 22.8 Å². The van der Waals surface area contributed by atoms with E-state index in [0.717, 1.165) is 17.0 Å². The normalized spacial score (nSPS) is 13.6. The zero-order chi connectivity index (χ0) is 23.9. The monoisotopic (exact) mass is 481 g/mol. The zero-order valence-corrected chi connectivity index (χ0v) is 20.0. The van der Waals surface area contributed by atoms with Gasteiger partial charge in [-0.1, -0.05) is 30.0 Å². The van der Waals surface area contributed by atoms with E-state index in [1.165, 1.54) is 11.8 Å². The van der Waals surface area contributed by atoms with Crippen LogP contribution in [0.4, 0.5) is 4.79 Å². The van der Waals surface area contributed by atoms with Crippen molar-refractivity contribution in [2.45, 2.75) is 12.1 Å². The highest BCUT2D eigenvalue weighted by Crippen LogP contribution is 2.29. The molecule has 0 atom stereocenters. The molecule has 1 saturated heterocycles. The Balaban J connectivity index is 1.47. The van der Waals surface area contributed by atoms with E-state index >= 15 is 0 Å². The number of nitrogens with zero attached hydrogens (tertiary/aromatic N) is 5. The standard InChI is InChI=1S/C24H27N5O4S/c1-3-33-24(31)28-15-13-27(14-16-28)21(30)17-34-23-26-25-22(18-9-11-20(32-2)12-10-18)29(23)19-7-5-4-6-8-19/h4-12H,3,13-17H2,1-2H3. The molecule has 0 N–H and O–H groups in total. The first kappa shape index (κ1) is 23.6. The number of piperazine rings is 1. The van der Waals surface area contributed by atoms with Crippen molar-refractivity contribution >= 4 is 23.8 Å². The number of thioether (sulfide) groups is 1. The second-order valence-electron chi connectivity index (χ2n) is 7.56. The molecule has 1 aliphatic rings. The van der Waals surface area contributed by atoms with Crippen LogP contribution in [-0.4, -0.2) is 82.2 Å². The van der Waals surface area contributed by atoms with Gasteiger partial charge in [-0.05, 0) is 43.3 Å². The number of rotatable bonds is 7.